The van der Waals surface area contributed by atoms with Crippen molar-refractivity contribution in [2.75, 3.05) is 26.4 Å². The van der Waals surface area contributed by atoms with Gasteiger partial charge in [-0.15, -0.1) is 12.3 Å². The maximum atomic E-state index is 6.12. The predicted octanol–water partition coefficient (Wildman–Crippen LogP) is 2.86. The minimum atomic E-state index is -0.550. The molecule has 0 bridgehead atoms. The molecule has 118 valence electrons. The second-order valence-corrected chi connectivity index (χ2v) is 6.50. The van der Waals surface area contributed by atoms with Crippen molar-refractivity contribution in [2.45, 2.75) is 63.4 Å². The van der Waals surface area contributed by atoms with Crippen LogP contribution in [0.4, 0.5) is 0 Å². The lowest BCUT2D eigenvalue weighted by Gasteiger charge is -2.56. The first-order chi connectivity index (χ1) is 10.2. The highest BCUT2D eigenvalue weighted by atomic mass is 16.8. The zero-order valence-electron chi connectivity index (χ0n) is 13.0. The van der Waals surface area contributed by atoms with Crippen LogP contribution >= 0.6 is 0 Å². The molecule has 0 aromatic carbocycles. The van der Waals surface area contributed by atoms with Crippen LogP contribution in [0.5, 0.6) is 0 Å². The zero-order chi connectivity index (χ0) is 14.8. The van der Waals surface area contributed by atoms with Gasteiger partial charge in [-0.1, -0.05) is 6.42 Å². The fourth-order valence-electron chi connectivity index (χ4n) is 4.32. The van der Waals surface area contributed by atoms with E-state index in [-0.39, 0.29) is 5.41 Å². The molecule has 0 aromatic heterocycles. The molecule has 3 fully saturated rings. The Labute approximate surface area is 127 Å². The first-order valence-corrected chi connectivity index (χ1v) is 8.17. The third-order valence-corrected chi connectivity index (χ3v) is 5.45. The molecular formula is C17H26O4. The molecule has 3 aliphatic rings. The van der Waals surface area contributed by atoms with Crippen LogP contribution in [0.25, 0.3) is 0 Å². The second kappa shape index (κ2) is 5.89. The van der Waals surface area contributed by atoms with Gasteiger partial charge in [0.25, 0.3) is 0 Å². The van der Waals surface area contributed by atoms with Crippen LogP contribution in [0.1, 0.15) is 51.9 Å². The van der Waals surface area contributed by atoms with Crippen molar-refractivity contribution >= 4 is 0 Å². The highest BCUT2D eigenvalue weighted by Gasteiger charge is 2.67. The van der Waals surface area contributed by atoms with Crippen LogP contribution in [0.15, 0.2) is 0 Å². The van der Waals surface area contributed by atoms with E-state index in [4.69, 9.17) is 25.4 Å². The summed E-state index contributed by atoms with van der Waals surface area (Å²) in [5.41, 5.74) is -0.278. The number of terminal acetylenes is 1. The minimum absolute atomic E-state index is 0.278. The van der Waals surface area contributed by atoms with Gasteiger partial charge in [0.1, 0.15) is 0 Å². The molecule has 0 aromatic rings. The third-order valence-electron chi connectivity index (χ3n) is 5.45. The van der Waals surface area contributed by atoms with Crippen LogP contribution < -0.4 is 0 Å². The van der Waals surface area contributed by atoms with Gasteiger partial charge >= 0.3 is 0 Å². The lowest BCUT2D eigenvalue weighted by molar-refractivity contribution is -0.363. The summed E-state index contributed by atoms with van der Waals surface area (Å²) < 4.78 is 24.5. The van der Waals surface area contributed by atoms with E-state index in [2.05, 4.69) is 12.8 Å². The maximum Gasteiger partial charge on any atom is 0.178 e. The van der Waals surface area contributed by atoms with Gasteiger partial charge < -0.3 is 18.9 Å². The zero-order valence-corrected chi connectivity index (χ0v) is 13.0. The summed E-state index contributed by atoms with van der Waals surface area (Å²) in [5, 5.41) is 0. The highest BCUT2D eigenvalue weighted by Crippen LogP contribution is 2.59. The summed E-state index contributed by atoms with van der Waals surface area (Å²) in [6.07, 6.45) is 12.1. The van der Waals surface area contributed by atoms with Crippen LogP contribution in [-0.4, -0.2) is 38.0 Å². The van der Waals surface area contributed by atoms with E-state index in [9.17, 15) is 0 Å². The first kappa shape index (κ1) is 15.3. The summed E-state index contributed by atoms with van der Waals surface area (Å²) in [7, 11) is 0. The van der Waals surface area contributed by atoms with Gasteiger partial charge in [-0.2, -0.15) is 0 Å². The SMILES string of the molecule is C#CCCCCC1(C)C2(CCCC13OCCO3)OCCO2. The van der Waals surface area contributed by atoms with E-state index in [1.807, 2.05) is 0 Å². The van der Waals surface area contributed by atoms with E-state index in [1.54, 1.807) is 0 Å². The maximum absolute atomic E-state index is 6.12. The topological polar surface area (TPSA) is 36.9 Å². The Hall–Kier alpha value is -0.600. The average Bonchev–Trinajstić information content (AvgIpc) is 3.13. The molecule has 0 radical (unpaired) electrons. The van der Waals surface area contributed by atoms with Crippen molar-refractivity contribution in [3.8, 4) is 12.3 Å². The van der Waals surface area contributed by atoms with Crippen molar-refractivity contribution in [1.29, 1.82) is 0 Å². The fraction of sp³-hybridized carbons (Fsp3) is 0.882. The number of rotatable bonds is 4. The van der Waals surface area contributed by atoms with Crippen molar-refractivity contribution in [3.05, 3.63) is 0 Å². The Balaban J connectivity index is 1.84. The van der Waals surface area contributed by atoms with E-state index < -0.39 is 11.6 Å². The summed E-state index contributed by atoms with van der Waals surface area (Å²) in [6, 6.07) is 0. The van der Waals surface area contributed by atoms with E-state index >= 15 is 0 Å². The van der Waals surface area contributed by atoms with Crippen molar-refractivity contribution in [3.63, 3.8) is 0 Å². The molecule has 0 unspecified atom stereocenters. The smallest absolute Gasteiger partial charge is 0.178 e. The van der Waals surface area contributed by atoms with Gasteiger partial charge in [-0.05, 0) is 26.2 Å². The quantitative estimate of drug-likeness (QED) is 0.590. The molecule has 1 aliphatic carbocycles. The molecule has 0 atom stereocenters. The fourth-order valence-corrected chi connectivity index (χ4v) is 4.32. The van der Waals surface area contributed by atoms with Crippen molar-refractivity contribution in [2.24, 2.45) is 5.41 Å². The Bertz CT molecular complexity index is 376. The largest absolute Gasteiger partial charge is 0.347 e. The van der Waals surface area contributed by atoms with E-state index in [0.29, 0.717) is 26.4 Å². The van der Waals surface area contributed by atoms with Gasteiger partial charge in [-0.25, -0.2) is 0 Å². The monoisotopic (exact) mass is 294 g/mol. The van der Waals surface area contributed by atoms with E-state index in [0.717, 1.165) is 44.9 Å². The van der Waals surface area contributed by atoms with Gasteiger partial charge in [0.2, 0.25) is 0 Å². The Morgan fingerprint density at radius 1 is 0.905 bits per heavy atom. The van der Waals surface area contributed by atoms with Gasteiger partial charge in [0.15, 0.2) is 11.6 Å². The Kier molecular flexibility index (Phi) is 4.29. The number of hydrogen-bond donors (Lipinski definition) is 0. The van der Waals surface area contributed by atoms with Gasteiger partial charge in [-0.3, -0.25) is 0 Å². The Morgan fingerprint density at radius 3 is 1.90 bits per heavy atom. The standard InChI is InChI=1S/C17H26O4/c1-3-4-5-6-8-15(2)16(18-11-12-19-16)9-7-10-17(15)20-13-14-21-17/h1H,4-14H2,2H3. The molecule has 4 heteroatoms. The van der Waals surface area contributed by atoms with Crippen LogP contribution in [-0.2, 0) is 18.9 Å². The minimum Gasteiger partial charge on any atom is -0.347 e. The van der Waals surface area contributed by atoms with Crippen molar-refractivity contribution < 1.29 is 18.9 Å². The molecule has 1 saturated carbocycles. The molecule has 2 aliphatic heterocycles. The molecule has 2 heterocycles. The van der Waals surface area contributed by atoms with Gasteiger partial charge in [0, 0.05) is 19.3 Å². The molecule has 2 saturated heterocycles. The van der Waals surface area contributed by atoms with E-state index in [1.165, 1.54) is 0 Å². The molecule has 21 heavy (non-hydrogen) atoms. The lowest BCUT2D eigenvalue weighted by atomic mass is 9.63. The number of unbranched alkanes of at least 4 members (excludes halogenated alkanes) is 2. The highest BCUT2D eigenvalue weighted by molar-refractivity contribution is 5.07. The number of ether oxygens (including phenoxy) is 4. The normalized spacial score (nSPS) is 29.0. The van der Waals surface area contributed by atoms with Crippen LogP contribution in [0, 0.1) is 17.8 Å². The summed E-state index contributed by atoms with van der Waals surface area (Å²) >= 11 is 0. The van der Waals surface area contributed by atoms with Crippen molar-refractivity contribution in [1.82, 2.24) is 0 Å². The second-order valence-electron chi connectivity index (χ2n) is 6.50. The summed E-state index contributed by atoms with van der Waals surface area (Å²) in [6.45, 7) is 4.87. The predicted molar refractivity (Wildman–Crippen MR) is 78.5 cm³/mol. The third kappa shape index (κ3) is 2.31. The van der Waals surface area contributed by atoms with Crippen LogP contribution in [0.3, 0.4) is 0 Å². The summed E-state index contributed by atoms with van der Waals surface area (Å²) in [4.78, 5) is 0. The Morgan fingerprint density at radius 2 is 1.43 bits per heavy atom. The molecule has 0 N–H and O–H groups in total. The average molecular weight is 294 g/mol. The molecule has 3 rings (SSSR count). The lowest BCUT2D eigenvalue weighted by Crippen LogP contribution is -2.64. The van der Waals surface area contributed by atoms with Crippen LogP contribution in [0.2, 0.25) is 0 Å². The molecular weight excluding hydrogens is 268 g/mol. The summed E-state index contributed by atoms with van der Waals surface area (Å²) in [5.74, 6) is 1.62. The van der Waals surface area contributed by atoms with Gasteiger partial charge in [0.05, 0.1) is 31.8 Å². The first-order valence-electron chi connectivity index (χ1n) is 8.17. The molecule has 4 nitrogen and oxygen atoms in total. The number of hydrogen-bond acceptors (Lipinski definition) is 4. The molecule has 0 amide bonds. The molecule has 2 spiro atoms.